The van der Waals surface area contributed by atoms with Crippen LogP contribution in [0.1, 0.15) is 48.2 Å². The molecule has 1 aliphatic rings. The Labute approximate surface area is 168 Å². The molecule has 28 heavy (non-hydrogen) atoms. The van der Waals surface area contributed by atoms with Crippen LogP contribution >= 0.6 is 11.8 Å². The third-order valence-corrected chi connectivity index (χ3v) is 5.45. The molecule has 5 nitrogen and oxygen atoms in total. The van der Waals surface area contributed by atoms with E-state index in [1.54, 1.807) is 17.0 Å². The van der Waals surface area contributed by atoms with Crippen LogP contribution in [0.5, 0.6) is 0 Å². The van der Waals surface area contributed by atoms with Gasteiger partial charge in [-0.05, 0) is 66.1 Å². The number of amides is 1. The van der Waals surface area contributed by atoms with Crippen LogP contribution in [0.3, 0.4) is 0 Å². The minimum Gasteiger partial charge on any atom is -0.478 e. The monoisotopic (exact) mass is 394 g/mol. The van der Waals surface area contributed by atoms with Gasteiger partial charge in [0.2, 0.25) is 0 Å². The van der Waals surface area contributed by atoms with Gasteiger partial charge in [-0.15, -0.1) is 0 Å². The van der Waals surface area contributed by atoms with Crippen molar-refractivity contribution in [3.63, 3.8) is 0 Å². The van der Waals surface area contributed by atoms with Crippen molar-refractivity contribution in [3.05, 3.63) is 70.1 Å². The standard InChI is InChI=1S/C22H22N2O3S/c1-4-24-20(25)19(13-15-5-7-16(8-6-15)14(2)3)28-22(24)23-18-11-9-17(10-12-18)21(26)27/h5-14H,4H2,1-3H3,(H,26,27). The van der Waals surface area contributed by atoms with Crippen LogP contribution in [0.25, 0.3) is 6.08 Å². The Morgan fingerprint density at radius 1 is 1.14 bits per heavy atom. The van der Waals surface area contributed by atoms with Crippen LogP contribution in [0.4, 0.5) is 5.69 Å². The van der Waals surface area contributed by atoms with Gasteiger partial charge in [0.25, 0.3) is 5.91 Å². The maximum atomic E-state index is 12.7. The topological polar surface area (TPSA) is 70.0 Å². The number of rotatable bonds is 5. The van der Waals surface area contributed by atoms with Gasteiger partial charge in [0.05, 0.1) is 16.2 Å². The molecular formula is C22H22N2O3S. The first kappa shape index (κ1) is 19.9. The van der Waals surface area contributed by atoms with E-state index in [4.69, 9.17) is 5.11 Å². The summed E-state index contributed by atoms with van der Waals surface area (Å²) in [6.45, 7) is 6.72. The molecule has 3 rings (SSSR count). The van der Waals surface area contributed by atoms with Crippen LogP contribution in [0.2, 0.25) is 0 Å². The zero-order valence-corrected chi connectivity index (χ0v) is 16.9. The summed E-state index contributed by atoms with van der Waals surface area (Å²) in [6.07, 6.45) is 1.88. The van der Waals surface area contributed by atoms with Crippen molar-refractivity contribution in [2.45, 2.75) is 26.7 Å². The lowest BCUT2D eigenvalue weighted by Gasteiger charge is -2.12. The average Bonchev–Trinajstić information content (AvgIpc) is 2.96. The molecule has 1 fully saturated rings. The lowest BCUT2D eigenvalue weighted by Crippen LogP contribution is -2.28. The Morgan fingerprint density at radius 2 is 1.79 bits per heavy atom. The van der Waals surface area contributed by atoms with Crippen molar-refractivity contribution in [1.82, 2.24) is 4.90 Å². The van der Waals surface area contributed by atoms with Crippen molar-refractivity contribution >= 4 is 40.6 Å². The molecule has 144 valence electrons. The highest BCUT2D eigenvalue weighted by Gasteiger charge is 2.32. The second-order valence-electron chi connectivity index (χ2n) is 6.73. The predicted octanol–water partition coefficient (Wildman–Crippen LogP) is 5.13. The van der Waals surface area contributed by atoms with Crippen LogP contribution in [0.15, 0.2) is 58.4 Å². The highest BCUT2D eigenvalue weighted by Crippen LogP contribution is 2.34. The zero-order valence-electron chi connectivity index (χ0n) is 16.0. The van der Waals surface area contributed by atoms with Crippen LogP contribution < -0.4 is 0 Å². The van der Waals surface area contributed by atoms with E-state index in [9.17, 15) is 9.59 Å². The molecular weight excluding hydrogens is 372 g/mol. The molecule has 1 aliphatic heterocycles. The van der Waals surface area contributed by atoms with E-state index in [2.05, 4.69) is 31.0 Å². The Bertz CT molecular complexity index is 945. The highest BCUT2D eigenvalue weighted by atomic mass is 32.2. The molecule has 0 aliphatic carbocycles. The van der Waals surface area contributed by atoms with Gasteiger partial charge in [0, 0.05) is 6.54 Å². The molecule has 0 bridgehead atoms. The summed E-state index contributed by atoms with van der Waals surface area (Å²) in [5, 5.41) is 9.59. The fraction of sp³-hybridized carbons (Fsp3) is 0.227. The van der Waals surface area contributed by atoms with Crippen molar-refractivity contribution in [2.75, 3.05) is 6.54 Å². The van der Waals surface area contributed by atoms with Gasteiger partial charge in [0.1, 0.15) is 0 Å². The minimum atomic E-state index is -0.978. The normalized spacial score (nSPS) is 17.1. The van der Waals surface area contributed by atoms with E-state index in [1.165, 1.54) is 29.5 Å². The van der Waals surface area contributed by atoms with Gasteiger partial charge in [-0.3, -0.25) is 9.69 Å². The fourth-order valence-electron chi connectivity index (χ4n) is 2.79. The first-order chi connectivity index (χ1) is 13.4. The van der Waals surface area contributed by atoms with Crippen molar-refractivity contribution in [2.24, 2.45) is 4.99 Å². The largest absolute Gasteiger partial charge is 0.478 e. The summed E-state index contributed by atoms with van der Waals surface area (Å²) in [7, 11) is 0. The average molecular weight is 394 g/mol. The molecule has 0 spiro atoms. The summed E-state index contributed by atoms with van der Waals surface area (Å²) in [4.78, 5) is 30.5. The number of carbonyl (C=O) groups is 2. The number of aromatic carboxylic acids is 1. The number of carboxylic acid groups (broad SMARTS) is 1. The Morgan fingerprint density at radius 3 is 2.32 bits per heavy atom. The van der Waals surface area contributed by atoms with Gasteiger partial charge in [-0.1, -0.05) is 38.1 Å². The first-order valence-electron chi connectivity index (χ1n) is 9.12. The maximum absolute atomic E-state index is 12.7. The third-order valence-electron chi connectivity index (χ3n) is 4.44. The number of aliphatic imine (C=N–C) groups is 1. The van der Waals surface area contributed by atoms with Gasteiger partial charge in [-0.2, -0.15) is 0 Å². The van der Waals surface area contributed by atoms with E-state index < -0.39 is 5.97 Å². The molecule has 0 radical (unpaired) electrons. The van der Waals surface area contributed by atoms with Crippen LogP contribution in [0, 0.1) is 0 Å². The number of likely N-dealkylation sites (N-methyl/N-ethyl adjacent to an activating group) is 1. The van der Waals surface area contributed by atoms with E-state index in [0.29, 0.717) is 28.2 Å². The summed E-state index contributed by atoms with van der Waals surface area (Å²) >= 11 is 1.33. The van der Waals surface area contributed by atoms with Gasteiger partial charge in [-0.25, -0.2) is 9.79 Å². The quantitative estimate of drug-likeness (QED) is 0.714. The Hall–Kier alpha value is -2.86. The number of nitrogens with zero attached hydrogens (tertiary/aromatic N) is 2. The highest BCUT2D eigenvalue weighted by molar-refractivity contribution is 8.18. The number of benzene rings is 2. The Kier molecular flexibility index (Phi) is 5.99. The van der Waals surface area contributed by atoms with E-state index >= 15 is 0 Å². The zero-order chi connectivity index (χ0) is 20.3. The number of carboxylic acids is 1. The Balaban J connectivity index is 1.86. The van der Waals surface area contributed by atoms with Crippen molar-refractivity contribution in [1.29, 1.82) is 0 Å². The maximum Gasteiger partial charge on any atom is 0.335 e. The lowest BCUT2D eigenvalue weighted by atomic mass is 10.0. The van der Waals surface area contributed by atoms with Crippen LogP contribution in [-0.4, -0.2) is 33.6 Å². The van der Waals surface area contributed by atoms with E-state index in [0.717, 1.165) is 5.56 Å². The lowest BCUT2D eigenvalue weighted by molar-refractivity contribution is -0.122. The summed E-state index contributed by atoms with van der Waals surface area (Å²) in [6, 6.07) is 14.5. The third kappa shape index (κ3) is 4.34. The minimum absolute atomic E-state index is 0.0682. The van der Waals surface area contributed by atoms with E-state index in [-0.39, 0.29) is 11.5 Å². The predicted molar refractivity (Wildman–Crippen MR) is 114 cm³/mol. The number of hydrogen-bond acceptors (Lipinski definition) is 4. The van der Waals surface area contributed by atoms with Crippen LogP contribution in [-0.2, 0) is 4.79 Å². The molecule has 1 heterocycles. The molecule has 6 heteroatoms. The second kappa shape index (κ2) is 8.44. The molecule has 0 unspecified atom stereocenters. The summed E-state index contributed by atoms with van der Waals surface area (Å²) in [5.41, 5.74) is 3.05. The first-order valence-corrected chi connectivity index (χ1v) is 9.94. The van der Waals surface area contributed by atoms with Gasteiger partial charge < -0.3 is 5.11 Å². The van der Waals surface area contributed by atoms with Gasteiger partial charge >= 0.3 is 5.97 Å². The molecule has 2 aromatic carbocycles. The summed E-state index contributed by atoms with van der Waals surface area (Å²) in [5.74, 6) is -0.583. The number of thioether (sulfide) groups is 1. The van der Waals surface area contributed by atoms with Crippen molar-refractivity contribution in [3.8, 4) is 0 Å². The molecule has 0 atom stereocenters. The molecule has 0 aromatic heterocycles. The molecule has 1 amide bonds. The fourth-order valence-corrected chi connectivity index (χ4v) is 3.85. The second-order valence-corrected chi connectivity index (χ2v) is 7.74. The van der Waals surface area contributed by atoms with Crippen molar-refractivity contribution < 1.29 is 14.7 Å². The smallest absolute Gasteiger partial charge is 0.335 e. The number of amidine groups is 1. The molecule has 1 saturated heterocycles. The number of hydrogen-bond donors (Lipinski definition) is 1. The SMILES string of the molecule is CCN1C(=O)C(=Cc2ccc(C(C)C)cc2)SC1=Nc1ccc(C(=O)O)cc1. The molecule has 1 N–H and O–H groups in total. The molecule has 0 saturated carbocycles. The molecule has 2 aromatic rings. The number of carbonyl (C=O) groups excluding carboxylic acids is 1. The van der Waals surface area contributed by atoms with Gasteiger partial charge in [0.15, 0.2) is 5.17 Å². The van der Waals surface area contributed by atoms with E-state index in [1.807, 2.05) is 25.1 Å². The summed E-state index contributed by atoms with van der Waals surface area (Å²) < 4.78 is 0.